The zero-order chi connectivity index (χ0) is 23.9. The van der Waals surface area contributed by atoms with Crippen LogP contribution in [0.5, 0.6) is 0 Å². The fraction of sp³-hybridized carbons (Fsp3) is 0.269. The van der Waals surface area contributed by atoms with E-state index < -0.39 is 0 Å². The van der Waals surface area contributed by atoms with Crippen LogP contribution in [0, 0.1) is 6.92 Å². The number of hydrogen-bond donors (Lipinski definition) is 2. The van der Waals surface area contributed by atoms with E-state index in [4.69, 9.17) is 0 Å². The van der Waals surface area contributed by atoms with Gasteiger partial charge in [0, 0.05) is 56.1 Å². The fourth-order valence-corrected chi connectivity index (χ4v) is 3.69. The molecule has 1 amide bonds. The molecule has 1 aromatic carbocycles. The summed E-state index contributed by atoms with van der Waals surface area (Å²) in [5.74, 6) is 1.03. The molecule has 0 aliphatic rings. The Kier molecular flexibility index (Phi) is 7.39. The Morgan fingerprint density at radius 2 is 1.68 bits per heavy atom. The molecule has 174 valence electrons. The van der Waals surface area contributed by atoms with Crippen LogP contribution < -0.4 is 10.6 Å². The fourth-order valence-electron chi connectivity index (χ4n) is 3.69. The van der Waals surface area contributed by atoms with Gasteiger partial charge in [0.1, 0.15) is 11.6 Å². The van der Waals surface area contributed by atoms with Crippen molar-refractivity contribution in [3.63, 3.8) is 0 Å². The number of nitrogens with one attached hydrogen (secondary N) is 2. The van der Waals surface area contributed by atoms with Crippen LogP contribution in [0.1, 0.15) is 35.7 Å². The van der Waals surface area contributed by atoms with Crippen LogP contribution in [0.15, 0.2) is 73.4 Å². The van der Waals surface area contributed by atoms with E-state index in [9.17, 15) is 4.79 Å². The predicted molar refractivity (Wildman–Crippen MR) is 132 cm³/mol. The van der Waals surface area contributed by atoms with Crippen LogP contribution in [0.4, 0.5) is 5.82 Å². The summed E-state index contributed by atoms with van der Waals surface area (Å²) in [5.41, 5.74) is 3.94. The molecule has 0 spiro atoms. The number of aryl methyl sites for hydroxylation is 2. The van der Waals surface area contributed by atoms with Gasteiger partial charge < -0.3 is 10.6 Å². The predicted octanol–water partition coefficient (Wildman–Crippen LogP) is 3.70. The maximum atomic E-state index is 13.2. The topological polar surface area (TPSA) is 97.6 Å². The Morgan fingerprint density at radius 1 is 0.912 bits per heavy atom. The van der Waals surface area contributed by atoms with Gasteiger partial charge in [-0.1, -0.05) is 37.3 Å². The van der Waals surface area contributed by atoms with E-state index in [1.165, 1.54) is 0 Å². The number of carbonyl (C=O) groups excluding carboxylic acids is 1. The second kappa shape index (κ2) is 10.8. The van der Waals surface area contributed by atoms with Crippen molar-refractivity contribution in [2.45, 2.75) is 25.7 Å². The van der Waals surface area contributed by atoms with Crippen molar-refractivity contribution in [2.24, 2.45) is 7.05 Å². The summed E-state index contributed by atoms with van der Waals surface area (Å²) in [7, 11) is 1.87. The lowest BCUT2D eigenvalue weighted by Gasteiger charge is -2.19. The number of pyridine rings is 1. The first-order valence-electron chi connectivity index (χ1n) is 11.3. The Bertz CT molecular complexity index is 1200. The van der Waals surface area contributed by atoms with E-state index in [0.29, 0.717) is 18.9 Å². The molecule has 0 radical (unpaired) electrons. The van der Waals surface area contributed by atoms with E-state index in [1.807, 2.05) is 75.0 Å². The summed E-state index contributed by atoms with van der Waals surface area (Å²) < 4.78 is 1.75. The van der Waals surface area contributed by atoms with Crippen LogP contribution in [0.3, 0.4) is 0 Å². The van der Waals surface area contributed by atoms with Gasteiger partial charge in [0.2, 0.25) is 5.91 Å². The molecule has 8 nitrogen and oxygen atoms in total. The molecule has 0 aliphatic heterocycles. The second-order valence-corrected chi connectivity index (χ2v) is 8.41. The molecule has 4 rings (SSSR count). The van der Waals surface area contributed by atoms with Gasteiger partial charge in [-0.3, -0.25) is 9.48 Å². The normalized spacial score (nSPS) is 12.8. The zero-order valence-corrected chi connectivity index (χ0v) is 19.6. The van der Waals surface area contributed by atoms with E-state index in [2.05, 4.69) is 37.6 Å². The Labute approximate surface area is 199 Å². The third-order valence-corrected chi connectivity index (χ3v) is 5.74. The summed E-state index contributed by atoms with van der Waals surface area (Å²) in [6, 6.07) is 13.5. The van der Waals surface area contributed by atoms with Crippen molar-refractivity contribution in [2.75, 3.05) is 18.4 Å². The molecule has 0 fully saturated rings. The molecule has 0 saturated heterocycles. The first kappa shape index (κ1) is 23.3. The number of anilines is 1. The third-order valence-electron chi connectivity index (χ3n) is 5.74. The Balaban J connectivity index is 1.41. The molecule has 0 saturated carbocycles. The van der Waals surface area contributed by atoms with Crippen molar-refractivity contribution in [3.05, 3.63) is 90.4 Å². The minimum atomic E-state index is -0.359. The van der Waals surface area contributed by atoms with Crippen molar-refractivity contribution in [1.29, 1.82) is 0 Å². The summed E-state index contributed by atoms with van der Waals surface area (Å²) in [5, 5.41) is 10.6. The minimum absolute atomic E-state index is 0.105. The van der Waals surface area contributed by atoms with Crippen LogP contribution in [-0.4, -0.2) is 43.7 Å². The highest BCUT2D eigenvalue weighted by Gasteiger charge is 2.21. The lowest BCUT2D eigenvalue weighted by Crippen LogP contribution is -2.32. The van der Waals surface area contributed by atoms with Crippen molar-refractivity contribution >= 4 is 11.7 Å². The molecule has 3 aromatic heterocycles. The van der Waals surface area contributed by atoms with Gasteiger partial charge in [-0.15, -0.1) is 0 Å². The molecule has 34 heavy (non-hydrogen) atoms. The molecule has 8 heteroatoms. The number of carbonyl (C=O) groups is 1. The van der Waals surface area contributed by atoms with Gasteiger partial charge in [-0.2, -0.15) is 5.10 Å². The number of hydrogen-bond acceptors (Lipinski definition) is 6. The quantitative estimate of drug-likeness (QED) is 0.399. The summed E-state index contributed by atoms with van der Waals surface area (Å²) in [4.78, 5) is 26.2. The summed E-state index contributed by atoms with van der Waals surface area (Å²) >= 11 is 0. The minimum Gasteiger partial charge on any atom is -0.315 e. The monoisotopic (exact) mass is 455 g/mol. The highest BCUT2D eigenvalue weighted by Crippen LogP contribution is 2.21. The Hall–Kier alpha value is -3.91. The highest BCUT2D eigenvalue weighted by atomic mass is 16.2. The van der Waals surface area contributed by atoms with Crippen LogP contribution in [0.25, 0.3) is 11.1 Å². The molecule has 2 atom stereocenters. The van der Waals surface area contributed by atoms with Gasteiger partial charge in [0.15, 0.2) is 0 Å². The Morgan fingerprint density at radius 3 is 2.32 bits per heavy atom. The largest absolute Gasteiger partial charge is 0.315 e. The van der Waals surface area contributed by atoms with E-state index in [-0.39, 0.29) is 17.7 Å². The van der Waals surface area contributed by atoms with Crippen LogP contribution >= 0.6 is 0 Å². The smallest absolute Gasteiger partial charge is 0.234 e. The van der Waals surface area contributed by atoms with Gasteiger partial charge in [0.25, 0.3) is 0 Å². The van der Waals surface area contributed by atoms with Gasteiger partial charge in [0.05, 0.1) is 12.1 Å². The number of amides is 1. The summed E-state index contributed by atoms with van der Waals surface area (Å²) in [6.45, 7) is 5.20. The lowest BCUT2D eigenvalue weighted by atomic mass is 9.97. The van der Waals surface area contributed by atoms with E-state index >= 15 is 0 Å². The van der Waals surface area contributed by atoms with Crippen LogP contribution in [-0.2, 0) is 11.8 Å². The number of aromatic nitrogens is 5. The zero-order valence-electron chi connectivity index (χ0n) is 19.6. The summed E-state index contributed by atoms with van der Waals surface area (Å²) in [6.07, 6.45) is 9.17. The first-order valence-corrected chi connectivity index (χ1v) is 11.3. The molecule has 0 bridgehead atoms. The SMILES string of the molecule is Cc1ncc([C@@H](C)CNCC(C(=O)Nc2ccc(-c3cnn(C)c3)cn2)c2ccccc2)cn1. The first-order chi connectivity index (χ1) is 16.5. The molecule has 3 heterocycles. The maximum Gasteiger partial charge on any atom is 0.234 e. The average Bonchev–Trinajstić information content (AvgIpc) is 3.29. The average molecular weight is 456 g/mol. The van der Waals surface area contributed by atoms with Crippen molar-refractivity contribution in [1.82, 2.24) is 30.0 Å². The lowest BCUT2D eigenvalue weighted by molar-refractivity contribution is -0.117. The van der Waals surface area contributed by atoms with E-state index in [1.54, 1.807) is 17.1 Å². The molecular formula is C26H29N7O. The molecule has 2 N–H and O–H groups in total. The van der Waals surface area contributed by atoms with Crippen molar-refractivity contribution < 1.29 is 4.79 Å². The third kappa shape index (κ3) is 5.90. The van der Waals surface area contributed by atoms with E-state index in [0.717, 1.165) is 28.1 Å². The van der Waals surface area contributed by atoms with Crippen LogP contribution in [0.2, 0.25) is 0 Å². The standard InChI is InChI=1S/C26H29N7O/c1-18(22-13-28-19(2)29-14-22)11-27-16-24(20-7-5-4-6-8-20)26(34)32-25-10-9-21(12-30-25)23-15-31-33(3)17-23/h4-10,12-15,17-18,24,27H,11,16H2,1-3H3,(H,30,32,34)/t18-,24?/m0/s1. The maximum absolute atomic E-state index is 13.2. The molecule has 4 aromatic rings. The number of nitrogens with zero attached hydrogens (tertiary/aromatic N) is 5. The second-order valence-electron chi connectivity index (χ2n) is 8.41. The molecular weight excluding hydrogens is 426 g/mol. The van der Waals surface area contributed by atoms with Gasteiger partial charge in [-0.25, -0.2) is 15.0 Å². The molecule has 0 aliphatic carbocycles. The highest BCUT2D eigenvalue weighted by molar-refractivity contribution is 5.95. The van der Waals surface area contributed by atoms with Gasteiger partial charge >= 0.3 is 0 Å². The number of rotatable bonds is 9. The van der Waals surface area contributed by atoms with Crippen molar-refractivity contribution in [3.8, 4) is 11.1 Å². The molecule has 1 unspecified atom stereocenters. The van der Waals surface area contributed by atoms with Gasteiger partial charge in [-0.05, 0) is 36.1 Å². The number of benzene rings is 1.